The molecule has 1 fully saturated rings. The lowest BCUT2D eigenvalue weighted by molar-refractivity contribution is 0.114. The minimum absolute atomic E-state index is 0.284. The van der Waals surface area contributed by atoms with Gasteiger partial charge in [0.1, 0.15) is 0 Å². The number of nitrogens with zero attached hydrogens (tertiary/aromatic N) is 2. The largest absolute Gasteiger partial charge is 0.300 e. The molecule has 0 saturated carbocycles. The molecule has 2 aromatic rings. The Balaban J connectivity index is 1.83. The molecule has 1 aliphatic rings. The average Bonchev–Trinajstić information content (AvgIpc) is 2.60. The lowest BCUT2D eigenvalue weighted by atomic mass is 9.96. The first-order valence-electron chi connectivity index (χ1n) is 8.10. The van der Waals surface area contributed by atoms with E-state index >= 15 is 0 Å². The summed E-state index contributed by atoms with van der Waals surface area (Å²) in [5.74, 6) is 0.708. The van der Waals surface area contributed by atoms with E-state index in [1.54, 1.807) is 0 Å². The van der Waals surface area contributed by atoms with Gasteiger partial charge in [-0.05, 0) is 23.3 Å². The van der Waals surface area contributed by atoms with Crippen molar-refractivity contribution in [1.29, 1.82) is 0 Å². The predicted octanol–water partition coefficient (Wildman–Crippen LogP) is 4.29. The van der Waals surface area contributed by atoms with Crippen LogP contribution in [0.15, 0.2) is 54.6 Å². The monoisotopic (exact) mass is 348 g/mol. The molecule has 4 heteroatoms. The summed E-state index contributed by atoms with van der Waals surface area (Å²) >= 11 is 11.9. The Morgan fingerprint density at radius 3 is 2.04 bits per heavy atom. The van der Waals surface area contributed by atoms with Gasteiger partial charge in [0.15, 0.2) is 0 Å². The molecule has 2 nitrogen and oxygen atoms in total. The lowest BCUT2D eigenvalue weighted by Crippen LogP contribution is -2.48. The molecule has 23 heavy (non-hydrogen) atoms. The van der Waals surface area contributed by atoms with Gasteiger partial charge < -0.3 is 0 Å². The van der Waals surface area contributed by atoms with Crippen LogP contribution in [0.3, 0.4) is 0 Å². The molecule has 0 amide bonds. The van der Waals surface area contributed by atoms with Gasteiger partial charge in [-0.2, -0.15) is 0 Å². The molecule has 1 unspecified atom stereocenters. The summed E-state index contributed by atoms with van der Waals surface area (Å²) in [7, 11) is 0. The van der Waals surface area contributed by atoms with Gasteiger partial charge in [-0.25, -0.2) is 0 Å². The van der Waals surface area contributed by atoms with Crippen LogP contribution in [0.2, 0.25) is 5.02 Å². The molecule has 0 bridgehead atoms. The van der Waals surface area contributed by atoms with Crippen LogP contribution < -0.4 is 0 Å². The summed E-state index contributed by atoms with van der Waals surface area (Å²) in [4.78, 5) is 5.00. The fraction of sp³-hybridized carbons (Fsp3) is 0.368. The van der Waals surface area contributed by atoms with Crippen LogP contribution in [0.5, 0.6) is 0 Å². The number of rotatable bonds is 5. The van der Waals surface area contributed by atoms with Crippen molar-refractivity contribution in [2.45, 2.75) is 6.04 Å². The van der Waals surface area contributed by atoms with Crippen LogP contribution in [0.1, 0.15) is 17.2 Å². The molecule has 1 saturated heterocycles. The molecule has 1 aliphatic heterocycles. The molecule has 3 rings (SSSR count). The standard InChI is InChI=1S/C19H22Cl2N2/c20-10-11-22-12-14-23(15-13-22)19(16-4-2-1-3-5-16)17-6-8-18(21)9-7-17/h1-9,19H,10-15H2. The van der Waals surface area contributed by atoms with E-state index in [4.69, 9.17) is 23.2 Å². The molecule has 0 N–H and O–H groups in total. The van der Waals surface area contributed by atoms with E-state index in [0.717, 1.165) is 37.7 Å². The van der Waals surface area contributed by atoms with E-state index in [-0.39, 0.29) is 6.04 Å². The average molecular weight is 349 g/mol. The van der Waals surface area contributed by atoms with Gasteiger partial charge in [0.25, 0.3) is 0 Å². The number of hydrogen-bond donors (Lipinski definition) is 0. The molecule has 2 aromatic carbocycles. The van der Waals surface area contributed by atoms with Gasteiger partial charge in [-0.1, -0.05) is 54.1 Å². The van der Waals surface area contributed by atoms with Gasteiger partial charge in [-0.3, -0.25) is 9.80 Å². The number of hydrogen-bond acceptors (Lipinski definition) is 2. The molecule has 1 atom stereocenters. The lowest BCUT2D eigenvalue weighted by Gasteiger charge is -2.39. The van der Waals surface area contributed by atoms with Gasteiger partial charge in [-0.15, -0.1) is 11.6 Å². The predicted molar refractivity (Wildman–Crippen MR) is 98.5 cm³/mol. The van der Waals surface area contributed by atoms with Crippen molar-refractivity contribution in [3.05, 3.63) is 70.7 Å². The Morgan fingerprint density at radius 2 is 1.43 bits per heavy atom. The van der Waals surface area contributed by atoms with E-state index in [2.05, 4.69) is 52.3 Å². The highest BCUT2D eigenvalue weighted by Gasteiger charge is 2.26. The van der Waals surface area contributed by atoms with E-state index in [9.17, 15) is 0 Å². The smallest absolute Gasteiger partial charge is 0.0602 e. The van der Waals surface area contributed by atoms with Crippen molar-refractivity contribution in [3.63, 3.8) is 0 Å². The first kappa shape index (κ1) is 16.8. The molecular formula is C19H22Cl2N2. The van der Waals surface area contributed by atoms with E-state index in [0.29, 0.717) is 5.88 Å². The van der Waals surface area contributed by atoms with E-state index in [1.807, 2.05) is 12.1 Å². The minimum atomic E-state index is 0.284. The number of benzene rings is 2. The Hall–Kier alpha value is -1.06. The summed E-state index contributed by atoms with van der Waals surface area (Å²) in [6.45, 7) is 5.23. The highest BCUT2D eigenvalue weighted by molar-refractivity contribution is 6.30. The van der Waals surface area contributed by atoms with Crippen molar-refractivity contribution in [2.24, 2.45) is 0 Å². The maximum Gasteiger partial charge on any atom is 0.0602 e. The highest BCUT2D eigenvalue weighted by Crippen LogP contribution is 2.30. The zero-order chi connectivity index (χ0) is 16.1. The third-order valence-corrected chi connectivity index (χ3v) is 4.89. The highest BCUT2D eigenvalue weighted by atomic mass is 35.5. The van der Waals surface area contributed by atoms with E-state index < -0.39 is 0 Å². The number of piperazine rings is 1. The maximum absolute atomic E-state index is 6.07. The van der Waals surface area contributed by atoms with Gasteiger partial charge in [0, 0.05) is 43.6 Å². The summed E-state index contributed by atoms with van der Waals surface area (Å²) in [6.07, 6.45) is 0. The fourth-order valence-electron chi connectivity index (χ4n) is 3.26. The Bertz CT molecular complexity index is 593. The molecule has 0 aliphatic carbocycles. The first-order valence-corrected chi connectivity index (χ1v) is 9.02. The summed E-state index contributed by atoms with van der Waals surface area (Å²) < 4.78 is 0. The third kappa shape index (κ3) is 4.27. The number of halogens is 2. The molecule has 0 spiro atoms. The molecule has 122 valence electrons. The van der Waals surface area contributed by atoms with Crippen molar-refractivity contribution in [2.75, 3.05) is 38.6 Å². The Labute approximate surface area is 148 Å². The zero-order valence-corrected chi connectivity index (χ0v) is 14.7. The summed E-state index contributed by atoms with van der Waals surface area (Å²) in [5.41, 5.74) is 2.63. The Morgan fingerprint density at radius 1 is 0.826 bits per heavy atom. The second-order valence-corrected chi connectivity index (χ2v) is 6.75. The van der Waals surface area contributed by atoms with Crippen LogP contribution in [0, 0.1) is 0 Å². The first-order chi connectivity index (χ1) is 11.3. The topological polar surface area (TPSA) is 6.48 Å². The molecule has 1 heterocycles. The summed E-state index contributed by atoms with van der Waals surface area (Å²) in [5, 5.41) is 0.785. The molecular weight excluding hydrogens is 327 g/mol. The molecule has 0 radical (unpaired) electrons. The quantitative estimate of drug-likeness (QED) is 0.743. The van der Waals surface area contributed by atoms with Crippen molar-refractivity contribution < 1.29 is 0 Å². The van der Waals surface area contributed by atoms with E-state index in [1.165, 1.54) is 11.1 Å². The van der Waals surface area contributed by atoms with Gasteiger partial charge in [0.2, 0.25) is 0 Å². The van der Waals surface area contributed by atoms with Crippen LogP contribution in [-0.2, 0) is 0 Å². The molecule has 0 aromatic heterocycles. The van der Waals surface area contributed by atoms with Gasteiger partial charge >= 0.3 is 0 Å². The maximum atomic E-state index is 6.07. The van der Waals surface area contributed by atoms with Crippen molar-refractivity contribution >= 4 is 23.2 Å². The van der Waals surface area contributed by atoms with Gasteiger partial charge in [0.05, 0.1) is 6.04 Å². The number of alkyl halides is 1. The fourth-order valence-corrected chi connectivity index (χ4v) is 3.62. The third-order valence-electron chi connectivity index (χ3n) is 4.47. The van der Waals surface area contributed by atoms with Crippen LogP contribution in [0.25, 0.3) is 0 Å². The van der Waals surface area contributed by atoms with Crippen LogP contribution in [-0.4, -0.2) is 48.4 Å². The second kappa shape index (κ2) is 8.16. The zero-order valence-electron chi connectivity index (χ0n) is 13.2. The second-order valence-electron chi connectivity index (χ2n) is 5.93. The minimum Gasteiger partial charge on any atom is -0.300 e. The van der Waals surface area contributed by atoms with Crippen LogP contribution in [0.4, 0.5) is 0 Å². The van der Waals surface area contributed by atoms with Crippen LogP contribution >= 0.6 is 23.2 Å². The van der Waals surface area contributed by atoms with Crippen molar-refractivity contribution in [3.8, 4) is 0 Å². The van der Waals surface area contributed by atoms with Crippen molar-refractivity contribution in [1.82, 2.24) is 9.80 Å². The SMILES string of the molecule is ClCCN1CCN(C(c2ccccc2)c2ccc(Cl)cc2)CC1. The normalized spacial score (nSPS) is 18.0. The summed E-state index contributed by atoms with van der Waals surface area (Å²) in [6, 6.07) is 19.3. The Kier molecular flexibility index (Phi) is 5.96.